The summed E-state index contributed by atoms with van der Waals surface area (Å²) in [6, 6.07) is 12.3. The van der Waals surface area contributed by atoms with Crippen LogP contribution in [0, 0.1) is 0 Å². The third-order valence-electron chi connectivity index (χ3n) is 3.02. The number of hydrogen-bond donors (Lipinski definition) is 1. The zero-order valence-corrected chi connectivity index (χ0v) is 12.0. The predicted molar refractivity (Wildman–Crippen MR) is 83.8 cm³/mol. The van der Waals surface area contributed by atoms with Crippen molar-refractivity contribution in [3.8, 4) is 11.5 Å². The summed E-state index contributed by atoms with van der Waals surface area (Å²) in [4.78, 5) is 12.1. The van der Waals surface area contributed by atoms with Gasteiger partial charge >= 0.3 is 0 Å². The molecule has 2 N–H and O–H groups in total. The van der Waals surface area contributed by atoms with Crippen LogP contribution in [-0.4, -0.2) is 20.0 Å². The molecule has 2 rings (SSSR count). The first-order chi connectivity index (χ1) is 10.1. The van der Waals surface area contributed by atoms with Crippen LogP contribution in [0.25, 0.3) is 6.08 Å². The SMILES string of the molecule is COc1ccc(OC)c(/C=C/C(=O)c2cccc(N)c2)c1. The molecule has 2 aromatic carbocycles. The molecule has 0 bridgehead atoms. The van der Waals surface area contributed by atoms with Crippen LogP contribution in [0.1, 0.15) is 15.9 Å². The maximum Gasteiger partial charge on any atom is 0.185 e. The Bertz CT molecular complexity index is 677. The summed E-state index contributed by atoms with van der Waals surface area (Å²) < 4.78 is 10.4. The van der Waals surface area contributed by atoms with Crippen molar-refractivity contribution in [2.45, 2.75) is 0 Å². The second kappa shape index (κ2) is 6.61. The van der Waals surface area contributed by atoms with E-state index in [0.29, 0.717) is 22.7 Å². The Morgan fingerprint density at radius 1 is 1.10 bits per heavy atom. The Morgan fingerprint density at radius 2 is 1.90 bits per heavy atom. The molecule has 0 aliphatic carbocycles. The smallest absolute Gasteiger partial charge is 0.185 e. The highest BCUT2D eigenvalue weighted by Crippen LogP contribution is 2.25. The van der Waals surface area contributed by atoms with E-state index in [4.69, 9.17) is 15.2 Å². The van der Waals surface area contributed by atoms with Crippen molar-refractivity contribution in [3.05, 3.63) is 59.7 Å². The van der Waals surface area contributed by atoms with Gasteiger partial charge in [0.1, 0.15) is 11.5 Å². The Labute approximate surface area is 123 Å². The van der Waals surface area contributed by atoms with Gasteiger partial charge in [-0.25, -0.2) is 0 Å². The molecule has 0 saturated heterocycles. The predicted octanol–water partition coefficient (Wildman–Crippen LogP) is 3.18. The lowest BCUT2D eigenvalue weighted by atomic mass is 10.1. The maximum atomic E-state index is 12.1. The average Bonchev–Trinajstić information content (AvgIpc) is 2.52. The summed E-state index contributed by atoms with van der Waals surface area (Å²) in [5.41, 5.74) is 7.56. The highest BCUT2D eigenvalue weighted by Gasteiger charge is 2.05. The van der Waals surface area contributed by atoms with E-state index in [1.807, 2.05) is 6.07 Å². The molecule has 0 aliphatic heterocycles. The minimum Gasteiger partial charge on any atom is -0.497 e. The topological polar surface area (TPSA) is 61.5 Å². The van der Waals surface area contributed by atoms with Gasteiger partial charge in [-0.05, 0) is 42.5 Å². The molecule has 4 nitrogen and oxygen atoms in total. The number of carbonyl (C=O) groups excluding carboxylic acids is 1. The van der Waals surface area contributed by atoms with Gasteiger partial charge in [0.15, 0.2) is 5.78 Å². The second-order valence-corrected chi connectivity index (χ2v) is 4.43. The number of methoxy groups -OCH3 is 2. The molecule has 0 aliphatic rings. The third-order valence-corrected chi connectivity index (χ3v) is 3.02. The van der Waals surface area contributed by atoms with Crippen LogP contribution in [0.5, 0.6) is 11.5 Å². The molecule has 21 heavy (non-hydrogen) atoms. The van der Waals surface area contributed by atoms with E-state index in [1.165, 1.54) is 6.08 Å². The molecule has 0 saturated carbocycles. The van der Waals surface area contributed by atoms with Gasteiger partial charge in [-0.2, -0.15) is 0 Å². The zero-order chi connectivity index (χ0) is 15.2. The number of benzene rings is 2. The van der Waals surface area contributed by atoms with Gasteiger partial charge in [0, 0.05) is 16.8 Å². The Balaban J connectivity index is 2.26. The van der Waals surface area contributed by atoms with E-state index < -0.39 is 0 Å². The number of hydrogen-bond acceptors (Lipinski definition) is 4. The summed E-state index contributed by atoms with van der Waals surface area (Å²) in [7, 11) is 3.17. The Kier molecular flexibility index (Phi) is 4.61. The van der Waals surface area contributed by atoms with Gasteiger partial charge < -0.3 is 15.2 Å². The highest BCUT2D eigenvalue weighted by molar-refractivity contribution is 6.07. The van der Waals surface area contributed by atoms with E-state index >= 15 is 0 Å². The van der Waals surface area contributed by atoms with Crippen LogP contribution in [0.2, 0.25) is 0 Å². The van der Waals surface area contributed by atoms with Gasteiger partial charge in [-0.15, -0.1) is 0 Å². The number of carbonyl (C=O) groups is 1. The largest absolute Gasteiger partial charge is 0.497 e. The van der Waals surface area contributed by atoms with Crippen molar-refractivity contribution in [3.63, 3.8) is 0 Å². The van der Waals surface area contributed by atoms with Crippen molar-refractivity contribution in [2.75, 3.05) is 20.0 Å². The first-order valence-electron chi connectivity index (χ1n) is 6.44. The number of nitrogen functional groups attached to an aromatic ring is 1. The molecule has 0 radical (unpaired) electrons. The molecular formula is C17H17NO3. The number of allylic oxidation sites excluding steroid dienone is 1. The lowest BCUT2D eigenvalue weighted by molar-refractivity contribution is 0.104. The summed E-state index contributed by atoms with van der Waals surface area (Å²) in [6.07, 6.45) is 3.19. The van der Waals surface area contributed by atoms with Crippen LogP contribution in [0.4, 0.5) is 5.69 Å². The van der Waals surface area contributed by atoms with E-state index in [2.05, 4.69) is 0 Å². The number of rotatable bonds is 5. The van der Waals surface area contributed by atoms with Gasteiger partial charge in [0.25, 0.3) is 0 Å². The minimum atomic E-state index is -0.118. The highest BCUT2D eigenvalue weighted by atomic mass is 16.5. The van der Waals surface area contributed by atoms with Crippen molar-refractivity contribution in [1.29, 1.82) is 0 Å². The molecule has 108 valence electrons. The average molecular weight is 283 g/mol. The lowest BCUT2D eigenvalue weighted by Crippen LogP contribution is -1.96. The number of nitrogens with two attached hydrogens (primary N) is 1. The van der Waals surface area contributed by atoms with E-state index in [-0.39, 0.29) is 5.78 Å². The van der Waals surface area contributed by atoms with Crippen LogP contribution < -0.4 is 15.2 Å². The number of anilines is 1. The van der Waals surface area contributed by atoms with Gasteiger partial charge in [0.05, 0.1) is 14.2 Å². The molecule has 0 amide bonds. The molecule has 0 atom stereocenters. The van der Waals surface area contributed by atoms with Crippen LogP contribution in [0.3, 0.4) is 0 Å². The fourth-order valence-electron chi connectivity index (χ4n) is 1.92. The Morgan fingerprint density at radius 3 is 2.57 bits per heavy atom. The van der Waals surface area contributed by atoms with Crippen LogP contribution in [-0.2, 0) is 0 Å². The van der Waals surface area contributed by atoms with Crippen molar-refractivity contribution < 1.29 is 14.3 Å². The summed E-state index contributed by atoms with van der Waals surface area (Å²) in [5, 5.41) is 0. The standard InChI is InChI=1S/C17H17NO3/c1-20-15-7-9-17(21-2)13(11-15)6-8-16(19)12-4-3-5-14(18)10-12/h3-11H,18H2,1-2H3/b8-6+. The first kappa shape index (κ1) is 14.7. The van der Waals surface area contributed by atoms with E-state index in [1.54, 1.807) is 56.7 Å². The Hall–Kier alpha value is -2.75. The van der Waals surface area contributed by atoms with Crippen molar-refractivity contribution >= 4 is 17.5 Å². The quantitative estimate of drug-likeness (QED) is 0.520. The second-order valence-electron chi connectivity index (χ2n) is 4.43. The number of ketones is 1. The van der Waals surface area contributed by atoms with Gasteiger partial charge in [-0.1, -0.05) is 12.1 Å². The maximum absolute atomic E-state index is 12.1. The van der Waals surface area contributed by atoms with Crippen molar-refractivity contribution in [1.82, 2.24) is 0 Å². The fourth-order valence-corrected chi connectivity index (χ4v) is 1.92. The minimum absolute atomic E-state index is 0.118. The van der Waals surface area contributed by atoms with Crippen LogP contribution >= 0.6 is 0 Å². The molecule has 0 unspecified atom stereocenters. The summed E-state index contributed by atoms with van der Waals surface area (Å²) in [6.45, 7) is 0. The molecule has 0 fully saturated rings. The first-order valence-corrected chi connectivity index (χ1v) is 6.44. The summed E-state index contributed by atoms with van der Waals surface area (Å²) in [5.74, 6) is 1.26. The number of ether oxygens (including phenoxy) is 2. The molecule has 0 spiro atoms. The molecule has 0 aromatic heterocycles. The van der Waals surface area contributed by atoms with Crippen LogP contribution in [0.15, 0.2) is 48.5 Å². The zero-order valence-electron chi connectivity index (χ0n) is 12.0. The van der Waals surface area contributed by atoms with Gasteiger partial charge in [0.2, 0.25) is 0 Å². The molecule has 2 aromatic rings. The van der Waals surface area contributed by atoms with E-state index in [0.717, 1.165) is 5.56 Å². The normalized spacial score (nSPS) is 10.6. The molecular weight excluding hydrogens is 266 g/mol. The molecule has 4 heteroatoms. The third kappa shape index (κ3) is 3.63. The molecule has 0 heterocycles. The monoisotopic (exact) mass is 283 g/mol. The summed E-state index contributed by atoms with van der Waals surface area (Å²) >= 11 is 0. The fraction of sp³-hybridized carbons (Fsp3) is 0.118. The van der Waals surface area contributed by atoms with Crippen molar-refractivity contribution in [2.24, 2.45) is 0 Å². The van der Waals surface area contributed by atoms with Gasteiger partial charge in [-0.3, -0.25) is 4.79 Å². The lowest BCUT2D eigenvalue weighted by Gasteiger charge is -2.07. The van der Waals surface area contributed by atoms with E-state index in [9.17, 15) is 4.79 Å².